The van der Waals surface area contributed by atoms with Crippen molar-refractivity contribution in [2.24, 2.45) is 17.6 Å². The minimum atomic E-state index is -0.284. The Balaban J connectivity index is 2.40. The molecule has 0 aliphatic heterocycles. The average molecular weight is 171 g/mol. The fourth-order valence-electron chi connectivity index (χ4n) is 2.22. The third-order valence-electron chi connectivity index (χ3n) is 3.00. The van der Waals surface area contributed by atoms with Crippen molar-refractivity contribution in [2.75, 3.05) is 0 Å². The Labute approximate surface area is 75.2 Å². The molecule has 1 aliphatic carbocycles. The molecular weight excluding hydrogens is 150 g/mol. The number of rotatable bonds is 2. The second-order valence-electron chi connectivity index (χ2n) is 4.38. The topological polar surface area (TPSA) is 46.2 Å². The predicted octanol–water partition coefficient (Wildman–Crippen LogP) is 1.52. The molecule has 12 heavy (non-hydrogen) atoms. The summed E-state index contributed by atoms with van der Waals surface area (Å²) in [5.41, 5.74) is 5.66. The molecule has 0 aromatic rings. The normalized spacial score (nSPS) is 36.0. The molecule has 1 saturated carbocycles. The molecule has 1 aliphatic rings. The molecule has 3 N–H and O–H groups in total. The van der Waals surface area contributed by atoms with E-state index in [1.54, 1.807) is 0 Å². The Bertz CT molecular complexity index is 136. The summed E-state index contributed by atoms with van der Waals surface area (Å²) < 4.78 is 0. The van der Waals surface area contributed by atoms with Crippen LogP contribution in [-0.4, -0.2) is 17.3 Å². The van der Waals surface area contributed by atoms with Crippen molar-refractivity contribution in [2.45, 2.75) is 51.7 Å². The summed E-state index contributed by atoms with van der Waals surface area (Å²) in [6, 6.07) is -0.0692. The van der Waals surface area contributed by atoms with Gasteiger partial charge in [0.25, 0.3) is 0 Å². The van der Waals surface area contributed by atoms with Crippen molar-refractivity contribution in [3.05, 3.63) is 0 Å². The highest BCUT2D eigenvalue weighted by atomic mass is 16.3. The number of aliphatic hydroxyl groups is 1. The Kier molecular flexibility index (Phi) is 3.53. The van der Waals surface area contributed by atoms with Gasteiger partial charge in [0, 0.05) is 6.04 Å². The standard InChI is InChI=1S/C10H21NO/c1-7-4-3-5-9(6-7)10(12)8(2)11/h7-10,12H,3-6,11H2,1-2H3. The largest absolute Gasteiger partial charge is 0.391 e. The molecule has 0 amide bonds. The van der Waals surface area contributed by atoms with Crippen LogP contribution in [-0.2, 0) is 0 Å². The van der Waals surface area contributed by atoms with Crippen LogP contribution in [0.1, 0.15) is 39.5 Å². The van der Waals surface area contributed by atoms with Gasteiger partial charge in [-0.2, -0.15) is 0 Å². The molecule has 4 atom stereocenters. The monoisotopic (exact) mass is 171 g/mol. The average Bonchev–Trinajstić information content (AvgIpc) is 2.03. The molecule has 1 fully saturated rings. The van der Waals surface area contributed by atoms with E-state index in [2.05, 4.69) is 6.92 Å². The van der Waals surface area contributed by atoms with Crippen LogP contribution in [0.15, 0.2) is 0 Å². The van der Waals surface area contributed by atoms with Crippen LogP contribution in [0, 0.1) is 11.8 Å². The first-order valence-corrected chi connectivity index (χ1v) is 5.05. The van der Waals surface area contributed by atoms with E-state index in [0.29, 0.717) is 5.92 Å². The predicted molar refractivity (Wildman–Crippen MR) is 50.8 cm³/mol. The second-order valence-corrected chi connectivity index (χ2v) is 4.38. The lowest BCUT2D eigenvalue weighted by atomic mass is 9.78. The highest BCUT2D eigenvalue weighted by molar-refractivity contribution is 4.80. The zero-order valence-electron chi connectivity index (χ0n) is 8.16. The van der Waals surface area contributed by atoms with Crippen molar-refractivity contribution in [1.29, 1.82) is 0 Å². The van der Waals surface area contributed by atoms with E-state index >= 15 is 0 Å². The van der Waals surface area contributed by atoms with E-state index < -0.39 is 0 Å². The molecule has 0 bridgehead atoms. The fraction of sp³-hybridized carbons (Fsp3) is 1.00. The Morgan fingerprint density at radius 2 is 2.08 bits per heavy atom. The Morgan fingerprint density at radius 3 is 2.58 bits per heavy atom. The van der Waals surface area contributed by atoms with E-state index in [-0.39, 0.29) is 12.1 Å². The van der Waals surface area contributed by atoms with Crippen LogP contribution < -0.4 is 5.73 Å². The highest BCUT2D eigenvalue weighted by Gasteiger charge is 2.27. The first-order chi connectivity index (χ1) is 5.61. The molecule has 0 saturated heterocycles. The van der Waals surface area contributed by atoms with Crippen LogP contribution >= 0.6 is 0 Å². The first-order valence-electron chi connectivity index (χ1n) is 5.05. The van der Waals surface area contributed by atoms with E-state index in [4.69, 9.17) is 5.73 Å². The lowest BCUT2D eigenvalue weighted by Crippen LogP contribution is -2.39. The zero-order valence-corrected chi connectivity index (χ0v) is 8.16. The summed E-state index contributed by atoms with van der Waals surface area (Å²) in [4.78, 5) is 0. The van der Waals surface area contributed by atoms with Gasteiger partial charge >= 0.3 is 0 Å². The van der Waals surface area contributed by atoms with Crippen LogP contribution in [0.25, 0.3) is 0 Å². The van der Waals surface area contributed by atoms with E-state index in [1.165, 1.54) is 12.8 Å². The van der Waals surface area contributed by atoms with Crippen molar-refractivity contribution in [3.8, 4) is 0 Å². The third-order valence-corrected chi connectivity index (χ3v) is 3.00. The molecule has 0 aromatic heterocycles. The Hall–Kier alpha value is -0.0800. The molecular formula is C10H21NO. The van der Waals surface area contributed by atoms with E-state index in [1.807, 2.05) is 6.92 Å². The number of aliphatic hydroxyl groups excluding tert-OH is 1. The van der Waals surface area contributed by atoms with Gasteiger partial charge in [-0.25, -0.2) is 0 Å². The van der Waals surface area contributed by atoms with Gasteiger partial charge in [-0.05, 0) is 31.6 Å². The van der Waals surface area contributed by atoms with Crippen molar-refractivity contribution >= 4 is 0 Å². The SMILES string of the molecule is CC1CCCC(C(O)C(C)N)C1. The molecule has 2 nitrogen and oxygen atoms in total. The molecule has 72 valence electrons. The molecule has 0 heterocycles. The summed E-state index contributed by atoms with van der Waals surface area (Å²) in [6.07, 6.45) is 4.61. The van der Waals surface area contributed by atoms with Crippen LogP contribution in [0.4, 0.5) is 0 Å². The van der Waals surface area contributed by atoms with Gasteiger partial charge < -0.3 is 10.8 Å². The maximum Gasteiger partial charge on any atom is 0.0716 e. The van der Waals surface area contributed by atoms with Crippen LogP contribution in [0.5, 0.6) is 0 Å². The van der Waals surface area contributed by atoms with Crippen molar-refractivity contribution < 1.29 is 5.11 Å². The van der Waals surface area contributed by atoms with Crippen molar-refractivity contribution in [1.82, 2.24) is 0 Å². The maximum absolute atomic E-state index is 9.74. The number of hydrogen-bond acceptors (Lipinski definition) is 2. The summed E-state index contributed by atoms with van der Waals surface area (Å²) in [5.74, 6) is 1.23. The summed E-state index contributed by atoms with van der Waals surface area (Å²) >= 11 is 0. The lowest BCUT2D eigenvalue weighted by Gasteiger charge is -2.32. The zero-order chi connectivity index (χ0) is 9.14. The molecule has 4 unspecified atom stereocenters. The molecule has 0 spiro atoms. The highest BCUT2D eigenvalue weighted by Crippen LogP contribution is 2.31. The minimum absolute atomic E-state index is 0.0692. The summed E-state index contributed by atoms with van der Waals surface area (Å²) in [6.45, 7) is 4.16. The van der Waals surface area contributed by atoms with Gasteiger partial charge in [-0.3, -0.25) is 0 Å². The summed E-state index contributed by atoms with van der Waals surface area (Å²) in [7, 11) is 0. The second kappa shape index (κ2) is 4.24. The smallest absolute Gasteiger partial charge is 0.0716 e. The number of hydrogen-bond donors (Lipinski definition) is 2. The first kappa shape index (κ1) is 10.0. The van der Waals surface area contributed by atoms with E-state index in [9.17, 15) is 5.11 Å². The van der Waals surface area contributed by atoms with Gasteiger partial charge in [0.05, 0.1) is 6.10 Å². The maximum atomic E-state index is 9.74. The van der Waals surface area contributed by atoms with Crippen LogP contribution in [0.2, 0.25) is 0 Å². The van der Waals surface area contributed by atoms with Gasteiger partial charge in [0.2, 0.25) is 0 Å². The quantitative estimate of drug-likeness (QED) is 0.661. The van der Waals surface area contributed by atoms with Gasteiger partial charge in [-0.15, -0.1) is 0 Å². The third kappa shape index (κ3) is 2.46. The Morgan fingerprint density at radius 1 is 1.42 bits per heavy atom. The van der Waals surface area contributed by atoms with Gasteiger partial charge in [0.1, 0.15) is 0 Å². The lowest BCUT2D eigenvalue weighted by molar-refractivity contribution is 0.0555. The fourth-order valence-corrected chi connectivity index (χ4v) is 2.22. The molecule has 1 rings (SSSR count). The number of nitrogens with two attached hydrogens (primary N) is 1. The molecule has 0 radical (unpaired) electrons. The molecule has 0 aromatic carbocycles. The van der Waals surface area contributed by atoms with Crippen molar-refractivity contribution in [3.63, 3.8) is 0 Å². The van der Waals surface area contributed by atoms with E-state index in [0.717, 1.165) is 18.8 Å². The molecule has 2 heteroatoms. The van der Waals surface area contributed by atoms with Crippen LogP contribution in [0.3, 0.4) is 0 Å². The minimum Gasteiger partial charge on any atom is -0.391 e. The van der Waals surface area contributed by atoms with Gasteiger partial charge in [-0.1, -0.05) is 19.8 Å². The summed E-state index contributed by atoms with van der Waals surface area (Å²) in [5, 5.41) is 9.74. The van der Waals surface area contributed by atoms with Gasteiger partial charge in [0.15, 0.2) is 0 Å².